The van der Waals surface area contributed by atoms with Crippen LogP contribution in [0.15, 0.2) is 18.2 Å². The molecule has 0 unspecified atom stereocenters. The first-order valence-electron chi connectivity index (χ1n) is 6.80. The van der Waals surface area contributed by atoms with Crippen LogP contribution in [0.4, 0.5) is 11.4 Å². The summed E-state index contributed by atoms with van der Waals surface area (Å²) in [6, 6.07) is 4.54. The van der Waals surface area contributed by atoms with Crippen LogP contribution in [0.2, 0.25) is 0 Å². The summed E-state index contributed by atoms with van der Waals surface area (Å²) in [6.07, 6.45) is 1.73. The zero-order chi connectivity index (χ0) is 15.1. The van der Waals surface area contributed by atoms with Crippen molar-refractivity contribution in [2.75, 3.05) is 25.5 Å². The minimum Gasteiger partial charge on any atom is -0.383 e. The number of benzene rings is 1. The summed E-state index contributed by atoms with van der Waals surface area (Å²) in [5.41, 5.74) is 0.688. The molecule has 1 N–H and O–H groups in total. The van der Waals surface area contributed by atoms with E-state index in [0.29, 0.717) is 24.3 Å². The van der Waals surface area contributed by atoms with Gasteiger partial charge in [-0.2, -0.15) is 0 Å². The quantitative estimate of drug-likeness (QED) is 0.615. The van der Waals surface area contributed by atoms with Crippen molar-refractivity contribution in [1.82, 2.24) is 4.90 Å². The number of carbonyl (C=O) groups is 1. The van der Waals surface area contributed by atoms with Crippen LogP contribution in [0.5, 0.6) is 0 Å². The van der Waals surface area contributed by atoms with Gasteiger partial charge in [-0.25, -0.2) is 0 Å². The van der Waals surface area contributed by atoms with E-state index in [1.54, 1.807) is 24.1 Å². The fourth-order valence-corrected chi connectivity index (χ4v) is 2.06. The molecule has 0 bridgehead atoms. The predicted molar refractivity (Wildman–Crippen MR) is 79.1 cm³/mol. The Morgan fingerprint density at radius 3 is 2.35 bits per heavy atom. The number of nitro benzene ring substituents is 1. The third-order valence-corrected chi connectivity index (χ3v) is 2.98. The highest BCUT2D eigenvalue weighted by Gasteiger charge is 2.20. The van der Waals surface area contributed by atoms with E-state index in [4.69, 9.17) is 0 Å². The van der Waals surface area contributed by atoms with Crippen LogP contribution in [-0.2, 0) is 0 Å². The molecule has 0 saturated carbocycles. The summed E-state index contributed by atoms with van der Waals surface area (Å²) in [4.78, 5) is 24.7. The number of nitro groups is 1. The molecule has 0 saturated heterocycles. The second-order valence-corrected chi connectivity index (χ2v) is 4.53. The van der Waals surface area contributed by atoms with E-state index in [0.717, 1.165) is 12.8 Å². The van der Waals surface area contributed by atoms with E-state index in [1.807, 2.05) is 13.8 Å². The van der Waals surface area contributed by atoms with Crippen LogP contribution >= 0.6 is 0 Å². The zero-order valence-electron chi connectivity index (χ0n) is 12.2. The molecule has 0 radical (unpaired) electrons. The molecule has 0 heterocycles. The first-order valence-corrected chi connectivity index (χ1v) is 6.80. The fourth-order valence-electron chi connectivity index (χ4n) is 2.06. The van der Waals surface area contributed by atoms with Crippen LogP contribution in [0.3, 0.4) is 0 Å². The van der Waals surface area contributed by atoms with Gasteiger partial charge in [0.25, 0.3) is 11.6 Å². The lowest BCUT2D eigenvalue weighted by atomic mass is 10.1. The first-order chi connectivity index (χ1) is 9.54. The van der Waals surface area contributed by atoms with Crippen molar-refractivity contribution >= 4 is 17.3 Å². The molecular formula is C14H21N3O3. The molecule has 6 nitrogen and oxygen atoms in total. The third kappa shape index (κ3) is 3.69. The average molecular weight is 279 g/mol. The monoisotopic (exact) mass is 279 g/mol. The number of nitrogens with zero attached hydrogens (tertiary/aromatic N) is 2. The number of rotatable bonds is 7. The van der Waals surface area contributed by atoms with E-state index in [2.05, 4.69) is 5.32 Å². The van der Waals surface area contributed by atoms with Gasteiger partial charge < -0.3 is 10.2 Å². The molecular weight excluding hydrogens is 258 g/mol. The minimum atomic E-state index is -0.480. The minimum absolute atomic E-state index is 0.0775. The van der Waals surface area contributed by atoms with Crippen molar-refractivity contribution in [3.63, 3.8) is 0 Å². The van der Waals surface area contributed by atoms with Gasteiger partial charge >= 0.3 is 0 Å². The molecule has 0 aliphatic carbocycles. The average Bonchev–Trinajstić information content (AvgIpc) is 2.45. The molecule has 6 heteroatoms. The van der Waals surface area contributed by atoms with Gasteiger partial charge in [0.2, 0.25) is 0 Å². The third-order valence-electron chi connectivity index (χ3n) is 2.98. The van der Waals surface area contributed by atoms with E-state index in [9.17, 15) is 14.9 Å². The van der Waals surface area contributed by atoms with Crippen molar-refractivity contribution in [2.45, 2.75) is 26.7 Å². The zero-order valence-corrected chi connectivity index (χ0v) is 12.2. The number of nitrogens with one attached hydrogen (secondary N) is 1. The Balaban J connectivity index is 3.08. The number of amides is 1. The van der Waals surface area contributed by atoms with Crippen LogP contribution < -0.4 is 5.32 Å². The van der Waals surface area contributed by atoms with Crippen LogP contribution in [0.25, 0.3) is 0 Å². The fraction of sp³-hybridized carbons (Fsp3) is 0.500. The number of hydrogen-bond acceptors (Lipinski definition) is 4. The molecule has 1 aromatic carbocycles. The van der Waals surface area contributed by atoms with Crippen LogP contribution in [-0.4, -0.2) is 35.9 Å². The topological polar surface area (TPSA) is 75.5 Å². The lowest BCUT2D eigenvalue weighted by molar-refractivity contribution is -0.384. The van der Waals surface area contributed by atoms with Crippen LogP contribution in [0, 0.1) is 10.1 Å². The van der Waals surface area contributed by atoms with Gasteiger partial charge in [-0.15, -0.1) is 0 Å². The molecule has 0 aliphatic heterocycles. The van der Waals surface area contributed by atoms with Crippen molar-refractivity contribution < 1.29 is 9.72 Å². The Bertz CT molecular complexity index is 483. The lowest BCUT2D eigenvalue weighted by Gasteiger charge is -2.21. The molecule has 1 amide bonds. The van der Waals surface area contributed by atoms with E-state index in [1.165, 1.54) is 6.07 Å². The lowest BCUT2D eigenvalue weighted by Crippen LogP contribution is -2.32. The number of carbonyl (C=O) groups excluding carboxylic acids is 1. The second kappa shape index (κ2) is 7.47. The van der Waals surface area contributed by atoms with Gasteiger partial charge in [0.1, 0.15) is 5.69 Å². The van der Waals surface area contributed by atoms with Gasteiger partial charge in [-0.3, -0.25) is 14.9 Å². The molecule has 110 valence electrons. The smallest absolute Gasteiger partial charge is 0.293 e. The highest BCUT2D eigenvalue weighted by atomic mass is 16.6. The summed E-state index contributed by atoms with van der Waals surface area (Å²) < 4.78 is 0. The van der Waals surface area contributed by atoms with Gasteiger partial charge in [0.15, 0.2) is 0 Å². The molecule has 20 heavy (non-hydrogen) atoms. The Morgan fingerprint density at radius 2 is 1.90 bits per heavy atom. The van der Waals surface area contributed by atoms with Crippen molar-refractivity contribution in [2.24, 2.45) is 0 Å². The Hall–Kier alpha value is -2.11. The molecule has 1 aromatic rings. The highest BCUT2D eigenvalue weighted by Crippen LogP contribution is 2.25. The first kappa shape index (κ1) is 15.9. The second-order valence-electron chi connectivity index (χ2n) is 4.53. The summed E-state index contributed by atoms with van der Waals surface area (Å²) in [6.45, 7) is 5.33. The molecule has 0 spiro atoms. The summed E-state index contributed by atoms with van der Waals surface area (Å²) in [7, 11) is 1.62. The van der Waals surface area contributed by atoms with Crippen molar-refractivity contribution in [3.05, 3.63) is 33.9 Å². The van der Waals surface area contributed by atoms with E-state index >= 15 is 0 Å². The number of anilines is 1. The summed E-state index contributed by atoms with van der Waals surface area (Å²) in [5, 5.41) is 13.8. The van der Waals surface area contributed by atoms with Gasteiger partial charge in [0, 0.05) is 31.8 Å². The summed E-state index contributed by atoms with van der Waals surface area (Å²) >= 11 is 0. The maximum atomic E-state index is 12.4. The molecule has 0 atom stereocenters. The van der Waals surface area contributed by atoms with Crippen molar-refractivity contribution in [1.29, 1.82) is 0 Å². The SMILES string of the molecule is CCCN(CCC)C(=O)c1ccc(NC)c([N+](=O)[O-])c1. The highest BCUT2D eigenvalue weighted by molar-refractivity contribution is 5.95. The predicted octanol–water partition coefficient (Wildman–Crippen LogP) is 2.90. The standard InChI is InChI=1S/C14H21N3O3/c1-4-8-16(9-5-2)14(18)11-6-7-12(15-3)13(10-11)17(19)20/h6-7,10,15H,4-5,8-9H2,1-3H3. The largest absolute Gasteiger partial charge is 0.383 e. The Morgan fingerprint density at radius 1 is 1.30 bits per heavy atom. The van der Waals surface area contributed by atoms with Gasteiger partial charge in [0.05, 0.1) is 4.92 Å². The Labute approximate surface area is 118 Å². The number of hydrogen-bond donors (Lipinski definition) is 1. The molecule has 0 fully saturated rings. The van der Waals surface area contributed by atoms with E-state index in [-0.39, 0.29) is 11.6 Å². The normalized spacial score (nSPS) is 10.2. The maximum absolute atomic E-state index is 12.4. The van der Waals surface area contributed by atoms with Crippen molar-refractivity contribution in [3.8, 4) is 0 Å². The summed E-state index contributed by atoms with van der Waals surface area (Å²) in [5.74, 6) is -0.153. The van der Waals surface area contributed by atoms with Gasteiger partial charge in [-0.05, 0) is 25.0 Å². The molecule has 1 rings (SSSR count). The van der Waals surface area contributed by atoms with E-state index < -0.39 is 4.92 Å². The van der Waals surface area contributed by atoms with Gasteiger partial charge in [-0.1, -0.05) is 13.8 Å². The maximum Gasteiger partial charge on any atom is 0.293 e. The molecule has 0 aromatic heterocycles. The molecule has 0 aliphatic rings. The van der Waals surface area contributed by atoms with Crippen LogP contribution in [0.1, 0.15) is 37.0 Å². The Kier molecular flexibility index (Phi) is 5.96.